The van der Waals surface area contributed by atoms with Crippen LogP contribution >= 0.6 is 0 Å². The molecule has 3 heteroatoms. The molecule has 3 aromatic carbocycles. The second kappa shape index (κ2) is 8.85. The third kappa shape index (κ3) is 4.68. The highest BCUT2D eigenvalue weighted by Crippen LogP contribution is 2.16. The van der Waals surface area contributed by atoms with Gasteiger partial charge in [0, 0.05) is 30.7 Å². The van der Waals surface area contributed by atoms with Gasteiger partial charge in [-0.25, -0.2) is 0 Å². The lowest BCUT2D eigenvalue weighted by molar-refractivity contribution is 0.0656. The highest BCUT2D eigenvalue weighted by Gasteiger charge is 2.30. The van der Waals surface area contributed by atoms with Crippen LogP contribution in [0.5, 0.6) is 0 Å². The van der Waals surface area contributed by atoms with Crippen LogP contribution in [0, 0.1) is 0 Å². The summed E-state index contributed by atoms with van der Waals surface area (Å²) in [5, 5.41) is 3.79. The fraction of sp³-hybridized carbons (Fsp3) is 0.240. The molecule has 0 radical (unpaired) electrons. The minimum absolute atomic E-state index is 0.123. The molecular weight excluding hydrogens is 344 g/mol. The Bertz CT molecular complexity index is 831. The fourth-order valence-electron chi connectivity index (χ4n) is 4.02. The summed E-state index contributed by atoms with van der Waals surface area (Å²) in [5.41, 5.74) is 3.36. The molecule has 1 saturated heterocycles. The number of nitrogens with zero attached hydrogens (tertiary/aromatic N) is 1. The van der Waals surface area contributed by atoms with Crippen molar-refractivity contribution in [1.29, 1.82) is 0 Å². The van der Waals surface area contributed by atoms with Crippen molar-refractivity contribution in [2.45, 2.75) is 24.9 Å². The van der Waals surface area contributed by atoms with E-state index in [1.165, 1.54) is 11.1 Å². The molecule has 1 aliphatic heterocycles. The Labute approximate surface area is 167 Å². The van der Waals surface area contributed by atoms with Gasteiger partial charge in [0.05, 0.1) is 0 Å². The largest absolute Gasteiger partial charge is 0.336 e. The van der Waals surface area contributed by atoms with Crippen molar-refractivity contribution < 1.29 is 4.79 Å². The molecule has 1 N–H and O–H groups in total. The van der Waals surface area contributed by atoms with Crippen LogP contribution in [0.15, 0.2) is 91.0 Å². The molecule has 0 bridgehead atoms. The highest BCUT2D eigenvalue weighted by atomic mass is 16.2. The van der Waals surface area contributed by atoms with Crippen LogP contribution in [0.25, 0.3) is 0 Å². The predicted molar refractivity (Wildman–Crippen MR) is 113 cm³/mol. The van der Waals surface area contributed by atoms with E-state index in [0.717, 1.165) is 31.5 Å². The Morgan fingerprint density at radius 3 is 1.61 bits per heavy atom. The minimum atomic E-state index is 0.123. The first-order valence-corrected chi connectivity index (χ1v) is 9.96. The number of carbonyl (C=O) groups is 1. The van der Waals surface area contributed by atoms with Crippen LogP contribution in [0.3, 0.4) is 0 Å². The monoisotopic (exact) mass is 370 g/mol. The number of benzene rings is 3. The number of piperazine rings is 1. The van der Waals surface area contributed by atoms with Crippen molar-refractivity contribution in [3.63, 3.8) is 0 Å². The van der Waals surface area contributed by atoms with Gasteiger partial charge in [0.25, 0.3) is 5.91 Å². The summed E-state index contributed by atoms with van der Waals surface area (Å²) < 4.78 is 0. The van der Waals surface area contributed by atoms with Crippen molar-refractivity contribution in [3.05, 3.63) is 108 Å². The van der Waals surface area contributed by atoms with Gasteiger partial charge >= 0.3 is 0 Å². The van der Waals surface area contributed by atoms with E-state index in [0.29, 0.717) is 0 Å². The molecule has 1 fully saturated rings. The van der Waals surface area contributed by atoms with Crippen molar-refractivity contribution in [1.82, 2.24) is 10.2 Å². The van der Waals surface area contributed by atoms with Crippen molar-refractivity contribution in [2.75, 3.05) is 13.1 Å². The number of hydrogen-bond donors (Lipinski definition) is 1. The molecule has 1 amide bonds. The van der Waals surface area contributed by atoms with Gasteiger partial charge in [0.2, 0.25) is 0 Å². The topological polar surface area (TPSA) is 32.3 Å². The summed E-state index contributed by atoms with van der Waals surface area (Å²) in [7, 11) is 0. The first kappa shape index (κ1) is 18.5. The van der Waals surface area contributed by atoms with E-state index in [1.807, 2.05) is 47.4 Å². The fourth-order valence-corrected chi connectivity index (χ4v) is 4.02. The van der Waals surface area contributed by atoms with Crippen molar-refractivity contribution in [2.24, 2.45) is 0 Å². The molecule has 28 heavy (non-hydrogen) atoms. The third-order valence-corrected chi connectivity index (χ3v) is 5.31. The molecule has 0 aliphatic carbocycles. The SMILES string of the molecule is O=C(c1ccccc1)N1C[C@H](Cc2ccccc2)N[C@@H](Cc2ccccc2)C1. The number of rotatable bonds is 5. The molecule has 0 spiro atoms. The normalized spacial score (nSPS) is 19.4. The Morgan fingerprint density at radius 1 is 0.714 bits per heavy atom. The van der Waals surface area contributed by atoms with Gasteiger partial charge in [-0.15, -0.1) is 0 Å². The van der Waals surface area contributed by atoms with Crippen LogP contribution in [0.2, 0.25) is 0 Å². The summed E-state index contributed by atoms with van der Waals surface area (Å²) in [6.45, 7) is 1.46. The molecule has 142 valence electrons. The molecule has 3 aromatic rings. The average Bonchev–Trinajstić information content (AvgIpc) is 2.75. The number of amides is 1. The van der Waals surface area contributed by atoms with Gasteiger partial charge in [-0.2, -0.15) is 0 Å². The van der Waals surface area contributed by atoms with E-state index in [2.05, 4.69) is 53.8 Å². The van der Waals surface area contributed by atoms with Crippen molar-refractivity contribution >= 4 is 5.91 Å². The van der Waals surface area contributed by atoms with E-state index in [9.17, 15) is 4.79 Å². The number of hydrogen-bond acceptors (Lipinski definition) is 2. The number of carbonyl (C=O) groups excluding carboxylic acids is 1. The summed E-state index contributed by atoms with van der Waals surface area (Å²) in [6, 6.07) is 31.1. The third-order valence-electron chi connectivity index (χ3n) is 5.31. The van der Waals surface area contributed by atoms with E-state index in [4.69, 9.17) is 0 Å². The molecular formula is C25H26N2O. The number of nitrogens with one attached hydrogen (secondary N) is 1. The quantitative estimate of drug-likeness (QED) is 0.737. The first-order chi connectivity index (χ1) is 13.8. The zero-order valence-electron chi connectivity index (χ0n) is 16.0. The van der Waals surface area contributed by atoms with Crippen LogP contribution in [-0.2, 0) is 12.8 Å². The van der Waals surface area contributed by atoms with E-state index in [-0.39, 0.29) is 18.0 Å². The average molecular weight is 370 g/mol. The molecule has 0 aromatic heterocycles. The second-order valence-corrected chi connectivity index (χ2v) is 7.52. The lowest BCUT2D eigenvalue weighted by Crippen LogP contribution is -2.59. The Balaban J connectivity index is 1.52. The van der Waals surface area contributed by atoms with E-state index >= 15 is 0 Å². The van der Waals surface area contributed by atoms with E-state index < -0.39 is 0 Å². The maximum absolute atomic E-state index is 13.1. The smallest absolute Gasteiger partial charge is 0.253 e. The van der Waals surface area contributed by atoms with Gasteiger partial charge in [-0.05, 0) is 36.1 Å². The summed E-state index contributed by atoms with van der Waals surface area (Å²) in [6.07, 6.45) is 1.84. The van der Waals surface area contributed by atoms with E-state index in [1.54, 1.807) is 0 Å². The molecule has 1 aliphatic rings. The Kier molecular flexibility index (Phi) is 5.83. The van der Waals surface area contributed by atoms with Gasteiger partial charge in [-0.3, -0.25) is 4.79 Å². The molecule has 2 atom stereocenters. The summed E-state index contributed by atoms with van der Waals surface area (Å²) in [5.74, 6) is 0.123. The van der Waals surface area contributed by atoms with Crippen LogP contribution < -0.4 is 5.32 Å². The molecule has 0 unspecified atom stereocenters. The summed E-state index contributed by atoms with van der Waals surface area (Å²) >= 11 is 0. The zero-order chi connectivity index (χ0) is 19.2. The lowest BCUT2D eigenvalue weighted by Gasteiger charge is -2.39. The van der Waals surface area contributed by atoms with Gasteiger partial charge in [-0.1, -0.05) is 78.9 Å². The minimum Gasteiger partial charge on any atom is -0.336 e. The summed E-state index contributed by atoms with van der Waals surface area (Å²) in [4.78, 5) is 15.1. The van der Waals surface area contributed by atoms with Crippen LogP contribution in [-0.4, -0.2) is 36.0 Å². The molecule has 4 rings (SSSR count). The first-order valence-electron chi connectivity index (χ1n) is 9.96. The predicted octanol–water partition coefficient (Wildman–Crippen LogP) is 3.95. The van der Waals surface area contributed by atoms with Gasteiger partial charge in [0.15, 0.2) is 0 Å². The Morgan fingerprint density at radius 2 is 1.14 bits per heavy atom. The Hall–Kier alpha value is -2.91. The van der Waals surface area contributed by atoms with Crippen LogP contribution in [0.1, 0.15) is 21.5 Å². The zero-order valence-corrected chi connectivity index (χ0v) is 16.0. The maximum atomic E-state index is 13.1. The van der Waals surface area contributed by atoms with Gasteiger partial charge < -0.3 is 10.2 Å². The molecule has 1 heterocycles. The lowest BCUT2D eigenvalue weighted by atomic mass is 9.97. The molecule has 0 saturated carbocycles. The maximum Gasteiger partial charge on any atom is 0.253 e. The van der Waals surface area contributed by atoms with Crippen LogP contribution in [0.4, 0.5) is 0 Å². The van der Waals surface area contributed by atoms with Crippen molar-refractivity contribution in [3.8, 4) is 0 Å². The standard InChI is InChI=1S/C25H26N2O/c28-25(22-14-8-3-9-15-22)27-18-23(16-20-10-4-1-5-11-20)26-24(19-27)17-21-12-6-2-7-13-21/h1-15,23-24,26H,16-19H2/t23-,24-/m0/s1. The highest BCUT2D eigenvalue weighted by molar-refractivity contribution is 5.94. The van der Waals surface area contributed by atoms with Gasteiger partial charge in [0.1, 0.15) is 0 Å². The second-order valence-electron chi connectivity index (χ2n) is 7.52. The molecule has 3 nitrogen and oxygen atoms in total.